The van der Waals surface area contributed by atoms with Gasteiger partial charge in [-0.25, -0.2) is 32.9 Å². The SMILES string of the molecule is CCOC(=O)c1cncc(-c2cnc3c(c(-c4cc(F)ccc4OC)cn3COCC[Si](C)(C)C)c2Cl)c1.COc1ccc(F)cc1-c1c[nH]c2ncc(-c3cncc(C(=O)N(C)C)c3)c(Cl)c12.COc1ccc(F)cc1-c1cn(COCC[Si](C)(C)C)c2ncc(-c3cncc(C(=O)N(C)C)c3)c(Cl)c12. The number of benzene rings is 3. The Kier molecular flexibility index (Phi) is 25.3. The van der Waals surface area contributed by atoms with E-state index in [1.165, 1.54) is 79.0 Å². The number of methoxy groups -OCH3 is 3. The van der Waals surface area contributed by atoms with Crippen LogP contribution in [0.5, 0.6) is 17.2 Å². The van der Waals surface area contributed by atoms with Gasteiger partial charge in [-0.15, -0.1) is 0 Å². The van der Waals surface area contributed by atoms with Crippen LogP contribution in [0.3, 0.4) is 0 Å². The number of halogens is 6. The maximum atomic E-state index is 14.4. The van der Waals surface area contributed by atoms with Gasteiger partial charge in [0, 0.05) is 215 Å². The maximum Gasteiger partial charge on any atom is 0.339 e. The minimum atomic E-state index is -1.26. The van der Waals surface area contributed by atoms with Gasteiger partial charge in [0.25, 0.3) is 11.8 Å². The molecule has 0 unspecified atom stereocenters. The van der Waals surface area contributed by atoms with Crippen LogP contribution in [0.4, 0.5) is 13.2 Å². The number of hydrogen-bond donors (Lipinski definition) is 1. The van der Waals surface area contributed by atoms with Crippen molar-refractivity contribution in [1.29, 1.82) is 0 Å². The number of carbonyl (C=O) groups is 3. The number of aromatic nitrogens is 9. The molecule has 0 aliphatic rings. The summed E-state index contributed by atoms with van der Waals surface area (Å²) in [4.78, 5) is 69.7. The zero-order valence-corrected chi connectivity index (χ0v) is 65.5. The summed E-state index contributed by atoms with van der Waals surface area (Å²) in [7, 11) is 8.81. The Balaban J connectivity index is 0.000000171. The zero-order valence-electron chi connectivity index (χ0n) is 61.2. The summed E-state index contributed by atoms with van der Waals surface area (Å²) in [5, 5.41) is 3.09. The fraction of sp³-hybridized carbons (Fsp3) is 0.269. The van der Waals surface area contributed by atoms with E-state index in [4.69, 9.17) is 73.2 Å². The largest absolute Gasteiger partial charge is 0.496 e. The normalized spacial score (nSPS) is 11.5. The molecule has 12 rings (SSSR count). The lowest BCUT2D eigenvalue weighted by molar-refractivity contribution is 0.0525. The van der Waals surface area contributed by atoms with E-state index in [2.05, 4.69) is 64.2 Å². The van der Waals surface area contributed by atoms with Gasteiger partial charge in [-0.3, -0.25) is 24.5 Å². The first-order valence-electron chi connectivity index (χ1n) is 33.7. The molecule has 0 spiro atoms. The van der Waals surface area contributed by atoms with Crippen molar-refractivity contribution in [1.82, 2.24) is 53.8 Å². The number of hydrogen-bond acceptors (Lipinski definition) is 15. The second-order valence-corrected chi connectivity index (χ2v) is 39.9. The van der Waals surface area contributed by atoms with E-state index in [9.17, 15) is 27.6 Å². The molecule has 2 amide bonds. The number of pyridine rings is 6. The average molecular weight is 1540 g/mol. The standard InChI is InChI=1S/C28H32ClFN4O3Si.C28H31ClFN3O4Si.C22H18ClFN4O2/c1-33(2)28(35)19-11-18(13-31-14-19)22-15-32-27-25(26(22)29)23(21-12-20(30)7-8-24(21)36-3)16-34(27)17-37-9-10-38(4,5)6;1-6-37-28(34)19-11-18(13-31-14-19)22-15-32-27-25(26(22)29)23(21-12-20(30)7-8-24(21)35-2)16-33(27)17-36-9-10-38(3,4)5;1-28(2)22(29)13-6-12(8-25-9-13)16-10-26-21-19(20(16)23)17(11-27-21)15-7-14(24)4-5-18(15)30-3/h7-8,11-16H,9-10,17H2,1-6H3;7-8,11-16H,6,9-10,17H2,1-5H3;4-11H,1-3H3,(H,26,27). The highest BCUT2D eigenvalue weighted by atomic mass is 35.5. The molecule has 0 radical (unpaired) electrons. The van der Waals surface area contributed by atoms with Crippen LogP contribution in [0.25, 0.3) is 99.9 Å². The van der Waals surface area contributed by atoms with Gasteiger partial charge in [-0.1, -0.05) is 74.1 Å². The molecule has 0 bridgehead atoms. The zero-order chi connectivity index (χ0) is 76.5. The molecule has 9 aromatic heterocycles. The second kappa shape index (κ2) is 34.1. The third-order valence-electron chi connectivity index (χ3n) is 17.1. The second-order valence-electron chi connectivity index (χ2n) is 27.5. The molecular formula is C78H81Cl3F3N11O9Si2. The molecule has 9 heterocycles. The van der Waals surface area contributed by atoms with E-state index in [1.807, 2.05) is 21.5 Å². The summed E-state index contributed by atoms with van der Waals surface area (Å²) < 4.78 is 80.1. The van der Waals surface area contributed by atoms with Gasteiger partial charge < -0.3 is 52.3 Å². The van der Waals surface area contributed by atoms with Crippen molar-refractivity contribution in [2.75, 3.05) is 69.3 Å². The van der Waals surface area contributed by atoms with Crippen molar-refractivity contribution in [2.45, 2.75) is 71.8 Å². The highest BCUT2D eigenvalue weighted by molar-refractivity contribution is 6.76. The van der Waals surface area contributed by atoms with Crippen LogP contribution in [0.15, 0.2) is 147 Å². The molecule has 12 aromatic rings. The summed E-state index contributed by atoms with van der Waals surface area (Å²) in [5.41, 5.74) is 10.2. The van der Waals surface area contributed by atoms with Crippen molar-refractivity contribution >= 4 is 102 Å². The summed E-state index contributed by atoms with van der Waals surface area (Å²) in [5.74, 6) is -0.480. The fourth-order valence-electron chi connectivity index (χ4n) is 11.5. The van der Waals surface area contributed by atoms with Gasteiger partial charge in [0.15, 0.2) is 0 Å². The average Bonchev–Trinajstić information content (AvgIpc) is 1.60. The number of nitrogens with one attached hydrogen (secondary N) is 1. The van der Waals surface area contributed by atoms with E-state index in [1.54, 1.807) is 122 Å². The predicted molar refractivity (Wildman–Crippen MR) is 416 cm³/mol. The number of H-pyrrole nitrogens is 1. The van der Waals surface area contributed by atoms with Crippen molar-refractivity contribution in [3.05, 3.63) is 196 Å². The third kappa shape index (κ3) is 18.1. The summed E-state index contributed by atoms with van der Waals surface area (Å²) >= 11 is 20.9. The fourth-order valence-corrected chi connectivity index (χ4v) is 14.1. The Hall–Kier alpha value is -10.00. The Bertz CT molecular complexity index is 5240. The van der Waals surface area contributed by atoms with Crippen LogP contribution in [-0.2, 0) is 27.7 Å². The van der Waals surface area contributed by atoms with E-state index >= 15 is 0 Å². The smallest absolute Gasteiger partial charge is 0.339 e. The maximum absolute atomic E-state index is 14.4. The predicted octanol–water partition coefficient (Wildman–Crippen LogP) is 18.4. The lowest BCUT2D eigenvalue weighted by Crippen LogP contribution is -2.22. The Morgan fingerprint density at radius 2 is 0.840 bits per heavy atom. The molecule has 0 atom stereocenters. The molecule has 1 N–H and O–H groups in total. The van der Waals surface area contributed by atoms with Gasteiger partial charge in [0.2, 0.25) is 0 Å². The number of aromatic amines is 1. The number of ether oxygens (including phenoxy) is 6. The number of amides is 2. The van der Waals surface area contributed by atoms with Crippen molar-refractivity contribution in [2.24, 2.45) is 0 Å². The summed E-state index contributed by atoms with van der Waals surface area (Å²) in [6, 6.07) is 20.2. The highest BCUT2D eigenvalue weighted by Crippen LogP contribution is 2.46. The third-order valence-corrected chi connectivity index (χ3v) is 21.6. The number of carbonyl (C=O) groups excluding carboxylic acids is 3. The molecule has 0 aliphatic heterocycles. The lowest BCUT2D eigenvalue weighted by atomic mass is 10.0. The summed E-state index contributed by atoms with van der Waals surface area (Å²) in [6.45, 7) is 17.6. The minimum absolute atomic E-state index is 0.165. The van der Waals surface area contributed by atoms with Crippen molar-refractivity contribution in [3.63, 3.8) is 0 Å². The number of fused-ring (bicyclic) bond motifs is 3. The molecule has 0 saturated carbocycles. The van der Waals surface area contributed by atoms with Crippen LogP contribution < -0.4 is 14.2 Å². The molecule has 0 aliphatic carbocycles. The Morgan fingerprint density at radius 1 is 0.472 bits per heavy atom. The van der Waals surface area contributed by atoms with E-state index in [-0.39, 0.29) is 37.7 Å². The Labute approximate surface area is 629 Å². The number of esters is 1. The molecule has 28 heteroatoms. The van der Waals surface area contributed by atoms with Crippen molar-refractivity contribution in [3.8, 4) is 84.0 Å². The molecule has 0 saturated heterocycles. The van der Waals surface area contributed by atoms with E-state index in [0.717, 1.165) is 12.1 Å². The quantitative estimate of drug-likeness (QED) is 0.0358. The van der Waals surface area contributed by atoms with Gasteiger partial charge in [0.1, 0.15) is 65.1 Å². The number of rotatable bonds is 23. The van der Waals surface area contributed by atoms with Crippen LogP contribution in [0.2, 0.25) is 66.4 Å². The monoisotopic (exact) mass is 1530 g/mol. The molecule has 20 nitrogen and oxygen atoms in total. The van der Waals surface area contributed by atoms with Crippen LogP contribution in [-0.4, -0.2) is 157 Å². The van der Waals surface area contributed by atoms with E-state index < -0.39 is 33.8 Å². The first-order valence-corrected chi connectivity index (χ1v) is 42.2. The lowest BCUT2D eigenvalue weighted by Gasteiger charge is -2.15. The van der Waals surface area contributed by atoms with Crippen LogP contribution in [0, 0.1) is 17.5 Å². The molecule has 552 valence electrons. The van der Waals surface area contributed by atoms with E-state index in [0.29, 0.717) is 162 Å². The molecular weight excluding hydrogens is 1450 g/mol. The first kappa shape index (κ1) is 78.6. The Morgan fingerprint density at radius 3 is 1.22 bits per heavy atom. The van der Waals surface area contributed by atoms with Crippen LogP contribution in [0.1, 0.15) is 38.0 Å². The molecule has 3 aromatic carbocycles. The topological polar surface area (TPSA) is 216 Å². The van der Waals surface area contributed by atoms with Crippen LogP contribution >= 0.6 is 34.8 Å². The van der Waals surface area contributed by atoms with Crippen molar-refractivity contribution < 1.29 is 56.0 Å². The number of nitrogens with zero attached hydrogens (tertiary/aromatic N) is 10. The van der Waals surface area contributed by atoms with Gasteiger partial charge in [-0.05, 0) is 91.8 Å². The molecule has 106 heavy (non-hydrogen) atoms. The minimum Gasteiger partial charge on any atom is -0.496 e. The van der Waals surface area contributed by atoms with Gasteiger partial charge >= 0.3 is 5.97 Å². The van der Waals surface area contributed by atoms with Gasteiger partial charge in [0.05, 0.1) is 59.7 Å². The first-order chi connectivity index (χ1) is 50.5. The summed E-state index contributed by atoms with van der Waals surface area (Å²) in [6.07, 6.45) is 19.7. The molecule has 0 fully saturated rings. The highest BCUT2D eigenvalue weighted by Gasteiger charge is 2.27. The van der Waals surface area contributed by atoms with Gasteiger partial charge in [-0.2, -0.15) is 0 Å².